The van der Waals surface area contributed by atoms with Gasteiger partial charge in [-0.1, -0.05) is 34.6 Å². The average Bonchev–Trinajstić information content (AvgIpc) is 3.36. The highest BCUT2D eigenvalue weighted by atomic mass is 32.2. The van der Waals surface area contributed by atoms with Crippen molar-refractivity contribution < 1.29 is 13.2 Å². The minimum atomic E-state index is -4.31. The first kappa shape index (κ1) is 24.8. The van der Waals surface area contributed by atoms with Crippen LogP contribution >= 0.6 is 11.3 Å². The normalized spacial score (nSPS) is 13.8. The van der Waals surface area contributed by atoms with Crippen molar-refractivity contribution in [3.8, 4) is 0 Å². The largest absolute Gasteiger partial charge is 0.361 e. The molecule has 0 unspecified atom stereocenters. The zero-order chi connectivity index (χ0) is 22.2. The van der Waals surface area contributed by atoms with Crippen molar-refractivity contribution in [1.29, 1.82) is 0 Å². The van der Waals surface area contributed by atoms with E-state index in [1.165, 1.54) is 4.57 Å². The summed E-state index contributed by atoms with van der Waals surface area (Å²) in [5.41, 5.74) is -0.648. The number of amides is 1. The molecule has 3 rings (SSSR count). The molecular weight excluding hydrogens is 416 g/mol. The van der Waals surface area contributed by atoms with Crippen LogP contribution < -0.4 is 15.2 Å². The van der Waals surface area contributed by atoms with Crippen LogP contribution in [-0.2, 0) is 16.8 Å². The lowest BCUT2D eigenvalue weighted by Crippen LogP contribution is -2.40. The summed E-state index contributed by atoms with van der Waals surface area (Å²) in [6.45, 7) is 12.2. The minimum absolute atomic E-state index is 0.0365. The van der Waals surface area contributed by atoms with Crippen molar-refractivity contribution in [2.24, 2.45) is 4.40 Å². The first-order valence-corrected chi connectivity index (χ1v) is 12.1. The summed E-state index contributed by atoms with van der Waals surface area (Å²) in [6, 6.07) is -1.11. The van der Waals surface area contributed by atoms with Crippen LogP contribution in [-0.4, -0.2) is 33.4 Å². The molecule has 2 heterocycles. The van der Waals surface area contributed by atoms with Gasteiger partial charge in [0, 0.05) is 24.2 Å². The van der Waals surface area contributed by atoms with Gasteiger partial charge in [-0.15, -0.1) is 25.5 Å². The van der Waals surface area contributed by atoms with Gasteiger partial charge in [-0.2, -0.15) is 8.42 Å². The van der Waals surface area contributed by atoms with Crippen molar-refractivity contribution in [2.75, 3.05) is 0 Å². The van der Waals surface area contributed by atoms with Crippen LogP contribution in [0.15, 0.2) is 20.8 Å². The van der Waals surface area contributed by atoms with E-state index in [2.05, 4.69) is 9.50 Å². The lowest BCUT2D eigenvalue weighted by atomic mass is 10.5. The predicted octanol–water partition coefficient (Wildman–Crippen LogP) is 2.42. The highest BCUT2D eigenvalue weighted by molar-refractivity contribution is 7.88. The molecule has 1 N–H and O–H groups in total. The maximum absolute atomic E-state index is 12.2. The van der Waals surface area contributed by atoms with E-state index in [-0.39, 0.29) is 10.8 Å². The first-order chi connectivity index (χ1) is 13.8. The monoisotopic (exact) mass is 446 g/mol. The molecule has 0 saturated heterocycles. The second-order valence-corrected chi connectivity index (χ2v) is 7.91. The Morgan fingerprint density at radius 1 is 1.31 bits per heavy atom. The summed E-state index contributed by atoms with van der Waals surface area (Å²) >= 11 is 1.14. The molecule has 164 valence electrons. The van der Waals surface area contributed by atoms with Crippen LogP contribution in [0.4, 0.5) is 4.79 Å². The van der Waals surface area contributed by atoms with Gasteiger partial charge in [0.2, 0.25) is 4.80 Å². The van der Waals surface area contributed by atoms with Crippen LogP contribution in [0.5, 0.6) is 0 Å². The van der Waals surface area contributed by atoms with Crippen molar-refractivity contribution in [3.05, 3.63) is 32.7 Å². The molecule has 1 saturated carbocycles. The number of hydrogen-bond acceptors (Lipinski definition) is 6. The maximum atomic E-state index is 12.2. The van der Waals surface area contributed by atoms with Gasteiger partial charge >= 0.3 is 21.9 Å². The van der Waals surface area contributed by atoms with Gasteiger partial charge in [-0.25, -0.2) is 14.3 Å². The molecule has 2 aromatic rings. The SMILES string of the molecule is CC.CC.CCCn1ccs/c1=N/S(=O)(=O)NC(=O)n1nc(C)n(C2CC2)c1=O. The van der Waals surface area contributed by atoms with Crippen LogP contribution in [0.3, 0.4) is 0 Å². The maximum Gasteiger partial charge on any atom is 0.361 e. The van der Waals surface area contributed by atoms with Crippen LogP contribution in [0, 0.1) is 6.92 Å². The van der Waals surface area contributed by atoms with E-state index in [0.29, 0.717) is 17.1 Å². The van der Waals surface area contributed by atoms with Crippen molar-refractivity contribution in [2.45, 2.75) is 73.4 Å². The molecule has 10 nitrogen and oxygen atoms in total. The topological polar surface area (TPSA) is 120 Å². The van der Waals surface area contributed by atoms with Gasteiger partial charge in [0.05, 0.1) is 0 Å². The lowest BCUT2D eigenvalue weighted by molar-refractivity contribution is 0.243. The molecule has 0 bridgehead atoms. The van der Waals surface area contributed by atoms with E-state index in [4.69, 9.17) is 0 Å². The molecule has 29 heavy (non-hydrogen) atoms. The van der Waals surface area contributed by atoms with Crippen LogP contribution in [0.1, 0.15) is 65.7 Å². The molecular formula is C17H30N6O4S2. The Morgan fingerprint density at radius 3 is 2.48 bits per heavy atom. The predicted molar refractivity (Wildman–Crippen MR) is 113 cm³/mol. The van der Waals surface area contributed by atoms with Gasteiger partial charge in [0.25, 0.3) is 0 Å². The number of rotatable bonds is 5. The Kier molecular flexibility index (Phi) is 9.50. The molecule has 1 fully saturated rings. The third-order valence-corrected chi connectivity index (χ3v) is 5.38. The van der Waals surface area contributed by atoms with Crippen LogP contribution in [0.25, 0.3) is 0 Å². The van der Waals surface area contributed by atoms with Gasteiger partial charge in [0.15, 0.2) is 0 Å². The smallest absolute Gasteiger partial charge is 0.323 e. The van der Waals surface area contributed by atoms with Gasteiger partial charge < -0.3 is 4.57 Å². The zero-order valence-corrected chi connectivity index (χ0v) is 19.4. The van der Waals surface area contributed by atoms with E-state index in [1.54, 1.807) is 27.8 Å². The summed E-state index contributed by atoms with van der Waals surface area (Å²) in [6.07, 6.45) is 4.22. The number of carbonyl (C=O) groups excluding carboxylic acids is 1. The van der Waals surface area contributed by atoms with Crippen molar-refractivity contribution in [3.63, 3.8) is 0 Å². The van der Waals surface area contributed by atoms with Gasteiger partial charge in [-0.3, -0.25) is 4.57 Å². The summed E-state index contributed by atoms with van der Waals surface area (Å²) in [5.74, 6) is 0.371. The van der Waals surface area contributed by atoms with Crippen LogP contribution in [0.2, 0.25) is 0 Å². The molecule has 1 aliphatic carbocycles. The van der Waals surface area contributed by atoms with Crippen molar-refractivity contribution in [1.82, 2.24) is 23.6 Å². The number of hydrogen-bond donors (Lipinski definition) is 1. The molecule has 0 radical (unpaired) electrons. The minimum Gasteiger partial charge on any atom is -0.323 e. The Morgan fingerprint density at radius 2 is 1.93 bits per heavy atom. The number of aryl methyl sites for hydroxylation is 2. The Bertz CT molecular complexity index is 1020. The quantitative estimate of drug-likeness (QED) is 0.756. The molecule has 2 aromatic heterocycles. The second kappa shape index (κ2) is 11.1. The van der Waals surface area contributed by atoms with E-state index in [9.17, 15) is 18.0 Å². The zero-order valence-electron chi connectivity index (χ0n) is 17.7. The number of thiazole rings is 1. The highest BCUT2D eigenvalue weighted by Gasteiger charge is 2.30. The summed E-state index contributed by atoms with van der Waals surface area (Å²) in [4.78, 5) is 24.6. The van der Waals surface area contributed by atoms with E-state index in [1.807, 2.05) is 34.6 Å². The highest BCUT2D eigenvalue weighted by Crippen LogP contribution is 2.33. The number of nitrogens with one attached hydrogen (secondary N) is 1. The summed E-state index contributed by atoms with van der Waals surface area (Å²) in [5, 5.41) is 5.55. The van der Waals surface area contributed by atoms with E-state index >= 15 is 0 Å². The molecule has 0 atom stereocenters. The average molecular weight is 447 g/mol. The van der Waals surface area contributed by atoms with Gasteiger partial charge in [-0.05, 0) is 26.2 Å². The fourth-order valence-electron chi connectivity index (χ4n) is 2.42. The fraction of sp³-hybridized carbons (Fsp3) is 0.647. The van der Waals surface area contributed by atoms with Crippen molar-refractivity contribution >= 4 is 27.6 Å². The number of aromatic nitrogens is 4. The first-order valence-electron chi connectivity index (χ1n) is 9.77. The number of carbonyl (C=O) groups is 1. The third-order valence-electron chi connectivity index (χ3n) is 3.62. The summed E-state index contributed by atoms with van der Waals surface area (Å²) < 4.78 is 33.2. The Labute approximate surface area is 175 Å². The Balaban J connectivity index is 0.000000989. The molecule has 0 aromatic carbocycles. The molecule has 0 spiro atoms. The Hall–Kier alpha value is -2.21. The molecule has 0 aliphatic heterocycles. The molecule has 1 amide bonds. The molecule has 1 aliphatic rings. The molecule has 12 heteroatoms. The third kappa shape index (κ3) is 6.39. The van der Waals surface area contributed by atoms with E-state index in [0.717, 1.165) is 30.6 Å². The lowest BCUT2D eigenvalue weighted by Gasteiger charge is -2.02. The second-order valence-electron chi connectivity index (χ2n) is 5.70. The van der Waals surface area contributed by atoms with Gasteiger partial charge in [0.1, 0.15) is 5.82 Å². The standard InChI is InChI=1S/C13H18N6O4S2.2C2H6/c1-3-6-17-7-8-24-12(17)16-25(22,23)15-11(20)19-13(21)18(9(2)14-19)10-4-5-10;2*1-2/h7-8,10H,3-6H2,1-2H3,(H,15,20);2*1-2H3/b16-12+;;. The summed E-state index contributed by atoms with van der Waals surface area (Å²) in [7, 11) is -4.31. The fourth-order valence-corrected chi connectivity index (χ4v) is 4.17. The van der Waals surface area contributed by atoms with E-state index < -0.39 is 21.9 Å². The number of nitrogens with zero attached hydrogens (tertiary/aromatic N) is 5.